The van der Waals surface area contributed by atoms with Crippen LogP contribution in [0.25, 0.3) is 16.9 Å². The van der Waals surface area contributed by atoms with Crippen LogP contribution in [0.3, 0.4) is 0 Å². The Morgan fingerprint density at radius 3 is 2.10 bits per heavy atom. The summed E-state index contributed by atoms with van der Waals surface area (Å²) in [5.41, 5.74) is 6.22. The van der Waals surface area contributed by atoms with E-state index < -0.39 is 0 Å². The van der Waals surface area contributed by atoms with Crippen molar-refractivity contribution >= 4 is 17.6 Å². The van der Waals surface area contributed by atoms with Gasteiger partial charge in [-0.2, -0.15) is 0 Å². The number of amides is 3. The Balaban J connectivity index is 1.36. The van der Waals surface area contributed by atoms with E-state index in [-0.39, 0.29) is 11.9 Å². The number of piperazine rings is 1. The summed E-state index contributed by atoms with van der Waals surface area (Å²) in [6.45, 7) is 5.92. The van der Waals surface area contributed by atoms with Gasteiger partial charge in [-0.3, -0.25) is 4.79 Å². The fourth-order valence-electron chi connectivity index (χ4n) is 5.19. The molecule has 0 radical (unpaired) electrons. The number of nitrogens with zero attached hydrogens (tertiary/aromatic N) is 3. The van der Waals surface area contributed by atoms with Crippen molar-refractivity contribution < 1.29 is 19.1 Å². The van der Waals surface area contributed by atoms with Crippen LogP contribution in [0.2, 0.25) is 0 Å². The molecule has 0 aliphatic carbocycles. The number of hydrogen-bond donors (Lipinski definition) is 1. The topological polar surface area (TPSA) is 76.0 Å². The molecule has 1 aliphatic rings. The summed E-state index contributed by atoms with van der Waals surface area (Å²) in [6.07, 6.45) is 0.953. The molecule has 5 rings (SSSR count). The van der Waals surface area contributed by atoms with Crippen molar-refractivity contribution in [3.63, 3.8) is 0 Å². The largest absolute Gasteiger partial charge is 0.497 e. The molecule has 0 spiro atoms. The van der Waals surface area contributed by atoms with Gasteiger partial charge >= 0.3 is 6.03 Å². The van der Waals surface area contributed by atoms with Gasteiger partial charge in [-0.25, -0.2) is 4.79 Å². The van der Waals surface area contributed by atoms with Gasteiger partial charge in [-0.1, -0.05) is 25.1 Å². The van der Waals surface area contributed by atoms with E-state index in [2.05, 4.69) is 16.8 Å². The Kier molecular flexibility index (Phi) is 8.29. The number of aromatic nitrogens is 1. The van der Waals surface area contributed by atoms with Crippen LogP contribution in [-0.2, 0) is 6.42 Å². The molecule has 3 aromatic carbocycles. The highest BCUT2D eigenvalue weighted by Gasteiger charge is 2.28. The molecule has 1 saturated heterocycles. The minimum atomic E-state index is -0.150. The molecule has 1 N–H and O–H groups in total. The first-order valence-electron chi connectivity index (χ1n) is 13.9. The smallest absolute Gasteiger partial charge is 0.321 e. The van der Waals surface area contributed by atoms with Crippen LogP contribution in [0.4, 0.5) is 10.5 Å². The van der Waals surface area contributed by atoms with E-state index in [4.69, 9.17) is 9.47 Å². The van der Waals surface area contributed by atoms with E-state index in [1.165, 1.54) is 5.56 Å². The number of methoxy groups -OCH3 is 2. The molecule has 41 heavy (non-hydrogen) atoms. The summed E-state index contributed by atoms with van der Waals surface area (Å²) in [6, 6.07) is 25.3. The van der Waals surface area contributed by atoms with E-state index in [1.54, 1.807) is 19.1 Å². The Hall–Kier alpha value is -4.72. The molecule has 2 heterocycles. The second-order valence-electron chi connectivity index (χ2n) is 10.1. The van der Waals surface area contributed by atoms with Crippen molar-refractivity contribution in [2.45, 2.75) is 20.3 Å². The van der Waals surface area contributed by atoms with Gasteiger partial charge in [-0.15, -0.1) is 0 Å². The second-order valence-corrected chi connectivity index (χ2v) is 10.1. The zero-order valence-corrected chi connectivity index (χ0v) is 24.0. The Morgan fingerprint density at radius 2 is 1.46 bits per heavy atom. The number of aryl methyl sites for hydroxylation is 1. The van der Waals surface area contributed by atoms with E-state index in [0.717, 1.165) is 46.2 Å². The number of hydrogen-bond acceptors (Lipinski definition) is 4. The number of benzene rings is 3. The number of carbonyl (C=O) groups excluding carboxylic acids is 2. The summed E-state index contributed by atoms with van der Waals surface area (Å²) in [7, 11) is 3.28. The minimum absolute atomic E-state index is 0.0471. The van der Waals surface area contributed by atoms with Crippen LogP contribution in [-0.4, -0.2) is 66.7 Å². The lowest BCUT2D eigenvalue weighted by atomic mass is 10.1. The Labute approximate surface area is 241 Å². The average molecular weight is 553 g/mol. The van der Waals surface area contributed by atoms with Gasteiger partial charge in [0.05, 0.1) is 25.5 Å². The SMILES string of the molecule is CCc1ccc(NC(=O)N2CCN(C(=O)c3cc(-c4ccc(OC)cc4)n(-c4cccc(OC)c4)c3C)CC2)cc1. The zero-order chi connectivity index (χ0) is 28.9. The molecule has 8 heteroatoms. The molecular weight excluding hydrogens is 516 g/mol. The zero-order valence-electron chi connectivity index (χ0n) is 24.0. The van der Waals surface area contributed by atoms with Crippen LogP contribution in [0.15, 0.2) is 78.9 Å². The number of nitrogens with one attached hydrogen (secondary N) is 1. The van der Waals surface area contributed by atoms with Gasteiger partial charge in [-0.05, 0) is 79.1 Å². The number of ether oxygens (including phenoxy) is 2. The van der Waals surface area contributed by atoms with Crippen molar-refractivity contribution in [3.8, 4) is 28.4 Å². The van der Waals surface area contributed by atoms with Crippen molar-refractivity contribution in [1.82, 2.24) is 14.4 Å². The molecule has 1 fully saturated rings. The third kappa shape index (κ3) is 5.91. The van der Waals surface area contributed by atoms with Gasteiger partial charge in [0, 0.05) is 49.3 Å². The van der Waals surface area contributed by atoms with E-state index in [9.17, 15) is 9.59 Å². The number of anilines is 1. The fraction of sp³-hybridized carbons (Fsp3) is 0.273. The number of rotatable bonds is 7. The monoisotopic (exact) mass is 552 g/mol. The third-order valence-corrected chi connectivity index (χ3v) is 7.64. The summed E-state index contributed by atoms with van der Waals surface area (Å²) < 4.78 is 12.9. The maximum absolute atomic E-state index is 13.8. The van der Waals surface area contributed by atoms with Gasteiger partial charge in [0.15, 0.2) is 0 Å². The molecule has 0 atom stereocenters. The molecule has 0 bridgehead atoms. The minimum Gasteiger partial charge on any atom is -0.497 e. The average Bonchev–Trinajstić information content (AvgIpc) is 3.37. The van der Waals surface area contributed by atoms with Crippen LogP contribution < -0.4 is 14.8 Å². The predicted molar refractivity (Wildman–Crippen MR) is 161 cm³/mol. The molecule has 212 valence electrons. The van der Waals surface area contributed by atoms with E-state index >= 15 is 0 Å². The Morgan fingerprint density at radius 1 is 0.805 bits per heavy atom. The van der Waals surface area contributed by atoms with Gasteiger partial charge in [0.1, 0.15) is 11.5 Å². The normalized spacial score (nSPS) is 13.2. The molecule has 1 aromatic heterocycles. The highest BCUT2D eigenvalue weighted by Crippen LogP contribution is 2.32. The molecular formula is C33H36N4O4. The lowest BCUT2D eigenvalue weighted by Gasteiger charge is -2.34. The van der Waals surface area contributed by atoms with E-state index in [0.29, 0.717) is 31.7 Å². The van der Waals surface area contributed by atoms with Crippen LogP contribution in [0, 0.1) is 6.92 Å². The lowest BCUT2D eigenvalue weighted by molar-refractivity contribution is 0.0671. The summed E-state index contributed by atoms with van der Waals surface area (Å²) in [4.78, 5) is 30.3. The molecule has 4 aromatic rings. The van der Waals surface area contributed by atoms with Crippen molar-refractivity contribution in [1.29, 1.82) is 0 Å². The predicted octanol–water partition coefficient (Wildman–Crippen LogP) is 6.02. The van der Waals surface area contributed by atoms with Crippen molar-refractivity contribution in [3.05, 3.63) is 95.7 Å². The third-order valence-electron chi connectivity index (χ3n) is 7.64. The second kappa shape index (κ2) is 12.2. The summed E-state index contributed by atoms with van der Waals surface area (Å²) >= 11 is 0. The standard InChI is InChI=1S/C33H36N4O4/c1-5-24-9-13-26(14-10-24)34-33(39)36-19-17-35(18-20-36)32(38)30-22-31(25-11-15-28(40-3)16-12-25)37(23(30)2)27-7-6-8-29(21-27)41-4/h6-16,21-22H,5,17-20H2,1-4H3,(H,34,39). The number of carbonyl (C=O) groups is 2. The van der Waals surface area contributed by atoms with Crippen LogP contribution in [0.1, 0.15) is 28.5 Å². The maximum Gasteiger partial charge on any atom is 0.321 e. The van der Waals surface area contributed by atoms with Gasteiger partial charge in [0.25, 0.3) is 5.91 Å². The van der Waals surface area contributed by atoms with Crippen molar-refractivity contribution in [2.75, 3.05) is 45.7 Å². The van der Waals surface area contributed by atoms with Gasteiger partial charge < -0.3 is 29.2 Å². The van der Waals surface area contributed by atoms with Crippen molar-refractivity contribution in [2.24, 2.45) is 0 Å². The first-order valence-corrected chi connectivity index (χ1v) is 13.9. The maximum atomic E-state index is 13.8. The Bertz CT molecular complexity index is 1520. The molecule has 8 nitrogen and oxygen atoms in total. The quantitative estimate of drug-likeness (QED) is 0.304. The highest BCUT2D eigenvalue weighted by atomic mass is 16.5. The molecule has 0 unspecified atom stereocenters. The molecule has 1 aliphatic heterocycles. The number of urea groups is 1. The van der Waals surface area contributed by atoms with Gasteiger partial charge in [0.2, 0.25) is 0 Å². The van der Waals surface area contributed by atoms with Crippen LogP contribution >= 0.6 is 0 Å². The molecule has 0 saturated carbocycles. The summed E-state index contributed by atoms with van der Waals surface area (Å²) in [5, 5.41) is 2.97. The van der Waals surface area contributed by atoms with Crippen LogP contribution in [0.5, 0.6) is 11.5 Å². The first kappa shape index (κ1) is 27.8. The highest BCUT2D eigenvalue weighted by molar-refractivity contribution is 5.98. The molecule has 3 amide bonds. The van der Waals surface area contributed by atoms with E-state index in [1.807, 2.05) is 90.7 Å². The summed E-state index contributed by atoms with van der Waals surface area (Å²) in [5.74, 6) is 1.45. The fourth-order valence-corrected chi connectivity index (χ4v) is 5.19. The lowest BCUT2D eigenvalue weighted by Crippen LogP contribution is -2.51. The first-order chi connectivity index (χ1) is 19.9.